The van der Waals surface area contributed by atoms with Crippen molar-refractivity contribution in [3.8, 4) is 0 Å². The van der Waals surface area contributed by atoms with Gasteiger partial charge >= 0.3 is 0 Å². The van der Waals surface area contributed by atoms with Crippen LogP contribution in [0.5, 0.6) is 0 Å². The number of carbonyl (C=O) groups excluding carboxylic acids is 1. The molecule has 72 valence electrons. The molecule has 0 unspecified atom stereocenters. The molecule has 0 radical (unpaired) electrons. The van der Waals surface area contributed by atoms with E-state index in [1.165, 1.54) is 0 Å². The van der Waals surface area contributed by atoms with Gasteiger partial charge in [0.25, 0.3) is 0 Å². The normalized spacial score (nSPS) is 10.4. The molecular weight excluding hydrogens is 154 g/mol. The molecule has 3 heteroatoms. The van der Waals surface area contributed by atoms with Gasteiger partial charge in [-0.15, -0.1) is 0 Å². The maximum Gasteiger partial charge on any atom is 0.222 e. The average molecular weight is 173 g/mol. The summed E-state index contributed by atoms with van der Waals surface area (Å²) < 4.78 is 0. The van der Waals surface area contributed by atoms with E-state index in [0.29, 0.717) is 25.4 Å². The Bertz CT molecular complexity index is 134. The zero-order chi connectivity index (χ0) is 9.56. The monoisotopic (exact) mass is 173 g/mol. The van der Waals surface area contributed by atoms with E-state index in [-0.39, 0.29) is 12.5 Å². The molecule has 0 aromatic carbocycles. The van der Waals surface area contributed by atoms with E-state index in [1.807, 2.05) is 20.8 Å². The van der Waals surface area contributed by atoms with Crippen molar-refractivity contribution in [2.24, 2.45) is 5.92 Å². The van der Waals surface area contributed by atoms with Gasteiger partial charge in [0.05, 0.1) is 6.61 Å². The van der Waals surface area contributed by atoms with Crippen LogP contribution in [0.2, 0.25) is 0 Å². The molecular formula is C9H19NO2. The Morgan fingerprint density at radius 2 is 2.08 bits per heavy atom. The van der Waals surface area contributed by atoms with Crippen LogP contribution in [0.1, 0.15) is 27.2 Å². The minimum absolute atomic E-state index is 0.0532. The van der Waals surface area contributed by atoms with Crippen molar-refractivity contribution in [1.29, 1.82) is 0 Å². The Balaban J connectivity index is 3.85. The van der Waals surface area contributed by atoms with Crippen LogP contribution in [0.3, 0.4) is 0 Å². The van der Waals surface area contributed by atoms with Crippen LogP contribution >= 0.6 is 0 Å². The topological polar surface area (TPSA) is 40.5 Å². The quantitative estimate of drug-likeness (QED) is 0.670. The van der Waals surface area contributed by atoms with Gasteiger partial charge in [0.2, 0.25) is 5.91 Å². The molecule has 0 fully saturated rings. The van der Waals surface area contributed by atoms with Gasteiger partial charge in [0.1, 0.15) is 0 Å². The maximum absolute atomic E-state index is 11.4. The third-order valence-electron chi connectivity index (χ3n) is 1.69. The van der Waals surface area contributed by atoms with Crippen LogP contribution < -0.4 is 0 Å². The maximum atomic E-state index is 11.4. The highest BCUT2D eigenvalue weighted by atomic mass is 16.3. The van der Waals surface area contributed by atoms with Gasteiger partial charge in [-0.2, -0.15) is 0 Å². The molecule has 0 bridgehead atoms. The summed E-state index contributed by atoms with van der Waals surface area (Å²) in [5, 5.41) is 8.66. The van der Waals surface area contributed by atoms with Crippen molar-refractivity contribution in [1.82, 2.24) is 4.90 Å². The number of aliphatic hydroxyl groups excluding tert-OH is 1. The first-order chi connectivity index (χ1) is 5.61. The molecule has 3 nitrogen and oxygen atoms in total. The molecule has 1 amide bonds. The third kappa shape index (κ3) is 4.34. The molecule has 0 aromatic rings. The van der Waals surface area contributed by atoms with E-state index in [9.17, 15) is 4.79 Å². The van der Waals surface area contributed by atoms with E-state index in [0.717, 1.165) is 0 Å². The second kappa shape index (κ2) is 6.00. The minimum atomic E-state index is 0.0532. The molecule has 0 aliphatic carbocycles. The van der Waals surface area contributed by atoms with Crippen molar-refractivity contribution in [2.45, 2.75) is 27.2 Å². The van der Waals surface area contributed by atoms with Gasteiger partial charge in [-0.05, 0) is 12.8 Å². The predicted molar refractivity (Wildman–Crippen MR) is 48.8 cm³/mol. The van der Waals surface area contributed by atoms with Crippen molar-refractivity contribution in [3.05, 3.63) is 0 Å². The lowest BCUT2D eigenvalue weighted by molar-refractivity contribution is -0.132. The Kier molecular flexibility index (Phi) is 5.72. The molecule has 0 spiro atoms. The summed E-state index contributed by atoms with van der Waals surface area (Å²) in [6.07, 6.45) is 0.577. The summed E-state index contributed by atoms with van der Waals surface area (Å²) in [5.74, 6) is 0.534. The fraction of sp³-hybridized carbons (Fsp3) is 0.889. The fourth-order valence-electron chi connectivity index (χ4n) is 1.06. The third-order valence-corrected chi connectivity index (χ3v) is 1.69. The number of hydrogen-bond donors (Lipinski definition) is 1. The molecule has 12 heavy (non-hydrogen) atoms. The van der Waals surface area contributed by atoms with E-state index in [4.69, 9.17) is 5.11 Å². The Morgan fingerprint density at radius 1 is 1.50 bits per heavy atom. The van der Waals surface area contributed by atoms with Crippen molar-refractivity contribution < 1.29 is 9.90 Å². The minimum Gasteiger partial charge on any atom is -0.395 e. The number of rotatable bonds is 5. The van der Waals surface area contributed by atoms with Crippen LogP contribution in [-0.2, 0) is 4.79 Å². The van der Waals surface area contributed by atoms with Gasteiger partial charge in [-0.25, -0.2) is 0 Å². The zero-order valence-electron chi connectivity index (χ0n) is 8.21. The molecule has 0 rings (SSSR count). The van der Waals surface area contributed by atoms with Gasteiger partial charge in [-0.3, -0.25) is 4.79 Å². The summed E-state index contributed by atoms with van der Waals surface area (Å²) in [6, 6.07) is 0. The van der Waals surface area contributed by atoms with Gasteiger partial charge in [0, 0.05) is 19.5 Å². The zero-order valence-corrected chi connectivity index (χ0v) is 8.21. The molecule has 0 aliphatic heterocycles. The van der Waals surface area contributed by atoms with Gasteiger partial charge < -0.3 is 10.0 Å². The largest absolute Gasteiger partial charge is 0.395 e. The van der Waals surface area contributed by atoms with Crippen LogP contribution in [0.15, 0.2) is 0 Å². The highest BCUT2D eigenvalue weighted by Crippen LogP contribution is 2.03. The van der Waals surface area contributed by atoms with Crippen molar-refractivity contribution in [3.63, 3.8) is 0 Å². The van der Waals surface area contributed by atoms with E-state index in [1.54, 1.807) is 4.90 Å². The van der Waals surface area contributed by atoms with E-state index >= 15 is 0 Å². The fourth-order valence-corrected chi connectivity index (χ4v) is 1.06. The van der Waals surface area contributed by atoms with Crippen LogP contribution in [-0.4, -0.2) is 35.6 Å². The van der Waals surface area contributed by atoms with E-state index < -0.39 is 0 Å². The van der Waals surface area contributed by atoms with E-state index in [2.05, 4.69) is 0 Å². The summed E-state index contributed by atoms with van der Waals surface area (Å²) in [5.41, 5.74) is 0. The smallest absolute Gasteiger partial charge is 0.222 e. The Hall–Kier alpha value is -0.570. The summed E-state index contributed by atoms with van der Waals surface area (Å²) in [7, 11) is 0. The number of hydrogen-bond acceptors (Lipinski definition) is 2. The summed E-state index contributed by atoms with van der Waals surface area (Å²) in [4.78, 5) is 13.1. The van der Waals surface area contributed by atoms with Crippen LogP contribution in [0, 0.1) is 5.92 Å². The number of likely N-dealkylation sites (N-methyl/N-ethyl adjacent to an activating group) is 1. The molecule has 1 N–H and O–H groups in total. The van der Waals surface area contributed by atoms with Crippen molar-refractivity contribution >= 4 is 5.91 Å². The summed E-state index contributed by atoms with van der Waals surface area (Å²) >= 11 is 0. The second-order valence-electron chi connectivity index (χ2n) is 3.29. The number of nitrogens with zero attached hydrogens (tertiary/aromatic N) is 1. The Morgan fingerprint density at radius 3 is 2.42 bits per heavy atom. The second-order valence-corrected chi connectivity index (χ2v) is 3.29. The summed E-state index contributed by atoms with van der Waals surface area (Å²) in [6.45, 7) is 7.16. The number of aliphatic hydroxyl groups is 1. The Labute approximate surface area is 74.4 Å². The first kappa shape index (κ1) is 11.4. The molecule has 0 heterocycles. The molecule has 0 aromatic heterocycles. The van der Waals surface area contributed by atoms with Crippen molar-refractivity contribution in [2.75, 3.05) is 19.7 Å². The average Bonchev–Trinajstić information content (AvgIpc) is 1.98. The molecule has 0 atom stereocenters. The molecule has 0 saturated carbocycles. The predicted octanol–water partition coefficient (Wildman–Crippen LogP) is 0.873. The first-order valence-corrected chi connectivity index (χ1v) is 4.50. The highest BCUT2D eigenvalue weighted by Gasteiger charge is 2.11. The highest BCUT2D eigenvalue weighted by molar-refractivity contribution is 5.76. The standard InChI is InChI=1S/C9H19NO2/c1-4-10(5-6-11)9(12)7-8(2)3/h8,11H,4-7H2,1-3H3. The lowest BCUT2D eigenvalue weighted by atomic mass is 10.1. The van der Waals surface area contributed by atoms with Crippen LogP contribution in [0.25, 0.3) is 0 Å². The first-order valence-electron chi connectivity index (χ1n) is 4.50. The number of carbonyl (C=O) groups is 1. The molecule has 0 aliphatic rings. The van der Waals surface area contributed by atoms with Crippen LogP contribution in [0.4, 0.5) is 0 Å². The lowest BCUT2D eigenvalue weighted by Gasteiger charge is -2.20. The van der Waals surface area contributed by atoms with Gasteiger partial charge in [-0.1, -0.05) is 13.8 Å². The number of amides is 1. The molecule has 0 saturated heterocycles. The lowest BCUT2D eigenvalue weighted by Crippen LogP contribution is -2.33. The SMILES string of the molecule is CCN(CCO)C(=O)CC(C)C. The van der Waals surface area contributed by atoms with Gasteiger partial charge in [0.15, 0.2) is 0 Å².